The summed E-state index contributed by atoms with van der Waals surface area (Å²) in [6, 6.07) is 0. The summed E-state index contributed by atoms with van der Waals surface area (Å²) in [5, 5.41) is 9.73. The van der Waals surface area contributed by atoms with Crippen LogP contribution >= 0.6 is 0 Å². The van der Waals surface area contributed by atoms with Gasteiger partial charge in [0.05, 0.1) is 32.5 Å². The molecule has 1 N–H and O–H groups in total. The van der Waals surface area contributed by atoms with Gasteiger partial charge in [-0.3, -0.25) is 0 Å². The van der Waals surface area contributed by atoms with E-state index in [0.29, 0.717) is 32.0 Å². The molecule has 2 atom stereocenters. The molecule has 0 spiro atoms. The highest BCUT2D eigenvalue weighted by atomic mass is 16.6. The van der Waals surface area contributed by atoms with Crippen molar-refractivity contribution in [2.45, 2.75) is 56.8 Å². The second-order valence-electron chi connectivity index (χ2n) is 5.71. The maximum atomic E-state index is 9.73. The average Bonchev–Trinajstić information content (AvgIpc) is 3.13. The first-order chi connectivity index (χ1) is 9.84. The van der Waals surface area contributed by atoms with Crippen LogP contribution in [-0.2, 0) is 18.9 Å². The molecule has 2 fully saturated rings. The van der Waals surface area contributed by atoms with Crippen LogP contribution < -0.4 is 0 Å². The molecule has 2 rings (SSSR count). The third-order valence-corrected chi connectivity index (χ3v) is 3.67. The van der Waals surface area contributed by atoms with E-state index >= 15 is 0 Å². The second kappa shape index (κ2) is 9.68. The van der Waals surface area contributed by atoms with Gasteiger partial charge in [0.15, 0.2) is 0 Å². The van der Waals surface area contributed by atoms with Crippen LogP contribution in [0.2, 0.25) is 0 Å². The van der Waals surface area contributed by atoms with Crippen molar-refractivity contribution in [1.82, 2.24) is 0 Å². The van der Waals surface area contributed by atoms with E-state index in [4.69, 9.17) is 18.9 Å². The summed E-state index contributed by atoms with van der Waals surface area (Å²) in [5.41, 5.74) is 0. The fourth-order valence-electron chi connectivity index (χ4n) is 2.36. The fraction of sp³-hybridized carbons (Fsp3) is 1.00. The van der Waals surface area contributed by atoms with Gasteiger partial charge in [0.25, 0.3) is 0 Å². The number of hydrogen-bond acceptors (Lipinski definition) is 5. The Hall–Kier alpha value is -0.200. The van der Waals surface area contributed by atoms with E-state index in [1.54, 1.807) is 0 Å². The molecular weight excluding hydrogens is 260 g/mol. The molecule has 1 saturated heterocycles. The molecule has 0 bridgehead atoms. The first-order valence-electron chi connectivity index (χ1n) is 7.91. The minimum atomic E-state index is -0.501. The molecule has 2 unspecified atom stereocenters. The molecule has 0 aromatic heterocycles. The zero-order valence-electron chi connectivity index (χ0n) is 12.3. The minimum Gasteiger partial charge on any atom is -0.388 e. The fourth-order valence-corrected chi connectivity index (χ4v) is 2.36. The van der Waals surface area contributed by atoms with Crippen molar-refractivity contribution < 1.29 is 24.1 Å². The number of epoxide rings is 1. The first-order valence-corrected chi connectivity index (χ1v) is 7.91. The van der Waals surface area contributed by atoms with Crippen molar-refractivity contribution in [2.24, 2.45) is 0 Å². The lowest BCUT2D eigenvalue weighted by atomic mass is 10.3. The van der Waals surface area contributed by atoms with Gasteiger partial charge < -0.3 is 24.1 Å². The molecule has 1 heterocycles. The van der Waals surface area contributed by atoms with Crippen molar-refractivity contribution >= 4 is 0 Å². The summed E-state index contributed by atoms with van der Waals surface area (Å²) in [4.78, 5) is 0. The smallest absolute Gasteiger partial charge is 0.104 e. The number of aliphatic hydroxyl groups excluding tert-OH is 1. The van der Waals surface area contributed by atoms with Crippen LogP contribution in [0.15, 0.2) is 0 Å². The Bertz CT molecular complexity index is 238. The predicted octanol–water partition coefficient (Wildman–Crippen LogP) is 1.52. The number of aliphatic hydroxyl groups is 1. The SMILES string of the molecule is OC(COCCCCOCC1CO1)COC1CCCC1. The van der Waals surface area contributed by atoms with Crippen molar-refractivity contribution in [3.63, 3.8) is 0 Å². The highest BCUT2D eigenvalue weighted by Crippen LogP contribution is 2.20. The highest BCUT2D eigenvalue weighted by molar-refractivity contribution is 4.68. The molecule has 1 saturated carbocycles. The second-order valence-corrected chi connectivity index (χ2v) is 5.71. The lowest BCUT2D eigenvalue weighted by Crippen LogP contribution is -2.24. The van der Waals surface area contributed by atoms with Crippen LogP contribution in [0, 0.1) is 0 Å². The summed E-state index contributed by atoms with van der Waals surface area (Å²) in [6.45, 7) is 3.76. The van der Waals surface area contributed by atoms with Gasteiger partial charge in [-0.15, -0.1) is 0 Å². The van der Waals surface area contributed by atoms with E-state index in [9.17, 15) is 5.11 Å². The maximum Gasteiger partial charge on any atom is 0.104 e. The molecule has 0 aromatic rings. The van der Waals surface area contributed by atoms with E-state index in [0.717, 1.165) is 45.5 Å². The van der Waals surface area contributed by atoms with Crippen molar-refractivity contribution in [1.29, 1.82) is 0 Å². The van der Waals surface area contributed by atoms with Gasteiger partial charge in [-0.25, -0.2) is 0 Å². The normalized spacial score (nSPS) is 24.1. The molecule has 1 aliphatic heterocycles. The quantitative estimate of drug-likeness (QED) is 0.436. The third-order valence-electron chi connectivity index (χ3n) is 3.67. The highest BCUT2D eigenvalue weighted by Gasteiger charge is 2.21. The lowest BCUT2D eigenvalue weighted by molar-refractivity contribution is -0.0431. The summed E-state index contributed by atoms with van der Waals surface area (Å²) in [5.74, 6) is 0. The van der Waals surface area contributed by atoms with Gasteiger partial charge in [-0.05, 0) is 25.7 Å². The zero-order valence-corrected chi connectivity index (χ0v) is 12.3. The lowest BCUT2D eigenvalue weighted by Gasteiger charge is -2.15. The van der Waals surface area contributed by atoms with E-state index < -0.39 is 6.10 Å². The topological polar surface area (TPSA) is 60.5 Å². The predicted molar refractivity (Wildman–Crippen MR) is 74.8 cm³/mol. The zero-order chi connectivity index (χ0) is 14.0. The van der Waals surface area contributed by atoms with E-state index in [-0.39, 0.29) is 0 Å². The van der Waals surface area contributed by atoms with Crippen molar-refractivity contribution in [3.8, 4) is 0 Å². The van der Waals surface area contributed by atoms with Crippen LogP contribution in [0.25, 0.3) is 0 Å². The van der Waals surface area contributed by atoms with Gasteiger partial charge in [0.2, 0.25) is 0 Å². The standard InChI is InChI=1S/C15H28O5/c16-13(10-19-14-5-1-2-6-14)9-17-7-3-4-8-18-11-15-12-20-15/h13-16H,1-12H2. The Balaban J connectivity index is 1.31. The van der Waals surface area contributed by atoms with Crippen LogP contribution in [-0.4, -0.2) is 63.1 Å². The van der Waals surface area contributed by atoms with Gasteiger partial charge in [0, 0.05) is 13.2 Å². The summed E-state index contributed by atoms with van der Waals surface area (Å²) >= 11 is 0. The van der Waals surface area contributed by atoms with Crippen LogP contribution in [0.3, 0.4) is 0 Å². The number of rotatable bonds is 12. The summed E-state index contributed by atoms with van der Waals surface area (Å²) < 4.78 is 21.6. The number of ether oxygens (including phenoxy) is 4. The maximum absolute atomic E-state index is 9.73. The molecular formula is C15H28O5. The minimum absolute atomic E-state index is 0.348. The van der Waals surface area contributed by atoms with Gasteiger partial charge >= 0.3 is 0 Å². The third kappa shape index (κ3) is 7.55. The molecule has 5 heteroatoms. The molecule has 5 nitrogen and oxygen atoms in total. The molecule has 0 aromatic carbocycles. The Kier molecular flexibility index (Phi) is 7.83. The Morgan fingerprint density at radius 1 is 1.05 bits per heavy atom. The molecule has 0 amide bonds. The number of hydrogen-bond donors (Lipinski definition) is 1. The molecule has 0 radical (unpaired) electrons. The Morgan fingerprint density at radius 3 is 2.45 bits per heavy atom. The van der Waals surface area contributed by atoms with E-state index in [1.165, 1.54) is 12.8 Å². The monoisotopic (exact) mass is 288 g/mol. The van der Waals surface area contributed by atoms with Crippen molar-refractivity contribution in [2.75, 3.05) is 39.6 Å². The van der Waals surface area contributed by atoms with Crippen LogP contribution in [0.5, 0.6) is 0 Å². The molecule has 1 aliphatic carbocycles. The van der Waals surface area contributed by atoms with Crippen molar-refractivity contribution in [3.05, 3.63) is 0 Å². The number of unbranched alkanes of at least 4 members (excludes halogenated alkanes) is 1. The summed E-state index contributed by atoms with van der Waals surface area (Å²) in [6.07, 6.45) is 6.94. The first kappa shape index (κ1) is 16.2. The van der Waals surface area contributed by atoms with E-state index in [1.807, 2.05) is 0 Å². The largest absolute Gasteiger partial charge is 0.388 e. The molecule has 2 aliphatic rings. The molecule has 20 heavy (non-hydrogen) atoms. The van der Waals surface area contributed by atoms with Crippen LogP contribution in [0.4, 0.5) is 0 Å². The summed E-state index contributed by atoms with van der Waals surface area (Å²) in [7, 11) is 0. The average molecular weight is 288 g/mol. The Morgan fingerprint density at radius 2 is 1.75 bits per heavy atom. The van der Waals surface area contributed by atoms with Gasteiger partial charge in [0.1, 0.15) is 12.2 Å². The van der Waals surface area contributed by atoms with Gasteiger partial charge in [-0.2, -0.15) is 0 Å². The van der Waals surface area contributed by atoms with E-state index in [2.05, 4.69) is 0 Å². The Labute approximate surface area is 121 Å². The van der Waals surface area contributed by atoms with Crippen LogP contribution in [0.1, 0.15) is 38.5 Å². The van der Waals surface area contributed by atoms with Gasteiger partial charge in [-0.1, -0.05) is 12.8 Å². The molecule has 118 valence electrons.